The number of rotatable bonds is 7. The lowest BCUT2D eigenvalue weighted by atomic mass is 9.96. The van der Waals surface area contributed by atoms with E-state index in [9.17, 15) is 8.42 Å². The third-order valence-corrected chi connectivity index (χ3v) is 7.48. The van der Waals surface area contributed by atoms with E-state index in [-0.39, 0.29) is 0 Å². The zero-order chi connectivity index (χ0) is 21.9. The van der Waals surface area contributed by atoms with Crippen LogP contribution in [0.15, 0.2) is 77.7 Å². The molecule has 0 spiro atoms. The molecule has 0 fully saturated rings. The molecule has 0 saturated heterocycles. The first-order valence-electron chi connectivity index (χ1n) is 10.1. The molecular formula is C25H30N2O2S. The van der Waals surface area contributed by atoms with Gasteiger partial charge in [-0.1, -0.05) is 43.3 Å². The number of hydrogen-bond acceptors (Lipinski definition) is 4. The van der Waals surface area contributed by atoms with Gasteiger partial charge in [0.25, 0.3) is 0 Å². The lowest BCUT2D eigenvalue weighted by molar-refractivity contribution is 0.588. The molecule has 1 atom stereocenters. The molecule has 3 aromatic carbocycles. The lowest BCUT2D eigenvalue weighted by Crippen LogP contribution is -2.18. The normalized spacial score (nSPS) is 12.4. The molecule has 3 aromatic rings. The van der Waals surface area contributed by atoms with Crippen LogP contribution in [0.25, 0.3) is 0 Å². The first-order chi connectivity index (χ1) is 14.3. The summed E-state index contributed by atoms with van der Waals surface area (Å²) in [6.45, 7) is 2.07. The van der Waals surface area contributed by atoms with Gasteiger partial charge in [0.2, 0.25) is 0 Å². The highest BCUT2D eigenvalue weighted by Crippen LogP contribution is 2.38. The Morgan fingerprint density at radius 3 is 1.87 bits per heavy atom. The van der Waals surface area contributed by atoms with Gasteiger partial charge in [-0.15, -0.1) is 0 Å². The Morgan fingerprint density at radius 1 is 0.767 bits per heavy atom. The van der Waals surface area contributed by atoms with Gasteiger partial charge in [0.05, 0.1) is 4.90 Å². The summed E-state index contributed by atoms with van der Waals surface area (Å²) in [4.78, 5) is 4.38. The van der Waals surface area contributed by atoms with Crippen molar-refractivity contribution in [1.29, 1.82) is 0 Å². The topological polar surface area (TPSA) is 40.6 Å². The molecule has 3 rings (SSSR count). The molecule has 158 valence electrons. The van der Waals surface area contributed by atoms with Crippen LogP contribution in [0.1, 0.15) is 28.9 Å². The fraction of sp³-hybridized carbons (Fsp3) is 0.280. The molecule has 30 heavy (non-hydrogen) atoms. The molecule has 0 amide bonds. The molecular weight excluding hydrogens is 392 g/mol. The smallest absolute Gasteiger partial charge is 0.189 e. The van der Waals surface area contributed by atoms with Crippen molar-refractivity contribution >= 4 is 21.2 Å². The highest BCUT2D eigenvalue weighted by molar-refractivity contribution is 7.92. The number of anilines is 2. The van der Waals surface area contributed by atoms with Crippen molar-refractivity contribution in [3.63, 3.8) is 0 Å². The highest BCUT2D eigenvalue weighted by Gasteiger charge is 2.32. The van der Waals surface area contributed by atoms with Crippen LogP contribution in [-0.2, 0) is 16.3 Å². The molecule has 0 heterocycles. The van der Waals surface area contributed by atoms with E-state index in [0.717, 1.165) is 34.5 Å². The maximum absolute atomic E-state index is 13.8. The third kappa shape index (κ3) is 4.36. The van der Waals surface area contributed by atoms with Gasteiger partial charge in [-0.3, -0.25) is 0 Å². The standard InChI is InChI=1S/C25H30N2O2S/c1-6-19-18-22(27(4)5)16-17-24(19)25(20-12-14-21(15-13-20)26(2)3)30(28,29)23-10-8-7-9-11-23/h7-18,25H,6H2,1-5H3. The average molecular weight is 423 g/mol. The van der Waals surface area contributed by atoms with Crippen molar-refractivity contribution in [2.45, 2.75) is 23.5 Å². The molecule has 0 radical (unpaired) electrons. The van der Waals surface area contributed by atoms with E-state index >= 15 is 0 Å². The second-order valence-electron chi connectivity index (χ2n) is 7.86. The quantitative estimate of drug-likeness (QED) is 0.540. The van der Waals surface area contributed by atoms with Crippen molar-refractivity contribution in [3.05, 3.63) is 89.5 Å². The van der Waals surface area contributed by atoms with Gasteiger partial charge < -0.3 is 9.80 Å². The number of hydrogen-bond donors (Lipinski definition) is 0. The zero-order valence-corrected chi connectivity index (χ0v) is 19.1. The van der Waals surface area contributed by atoms with Gasteiger partial charge in [0, 0.05) is 39.6 Å². The van der Waals surface area contributed by atoms with Gasteiger partial charge >= 0.3 is 0 Å². The summed E-state index contributed by atoms with van der Waals surface area (Å²) >= 11 is 0. The van der Waals surface area contributed by atoms with Crippen LogP contribution in [0, 0.1) is 0 Å². The van der Waals surface area contributed by atoms with Gasteiger partial charge in [-0.2, -0.15) is 0 Å². The van der Waals surface area contributed by atoms with Crippen molar-refractivity contribution in [2.75, 3.05) is 38.0 Å². The minimum atomic E-state index is -3.63. The predicted molar refractivity (Wildman–Crippen MR) is 126 cm³/mol. The first kappa shape index (κ1) is 21.9. The van der Waals surface area contributed by atoms with E-state index in [0.29, 0.717) is 4.90 Å². The van der Waals surface area contributed by atoms with E-state index in [4.69, 9.17) is 0 Å². The summed E-state index contributed by atoms with van der Waals surface area (Å²) in [6, 6.07) is 22.6. The molecule has 0 saturated carbocycles. The van der Waals surface area contributed by atoms with Crippen LogP contribution >= 0.6 is 0 Å². The Balaban J connectivity index is 2.23. The lowest BCUT2D eigenvalue weighted by Gasteiger charge is -2.24. The molecule has 0 bridgehead atoms. The Morgan fingerprint density at radius 2 is 1.33 bits per heavy atom. The van der Waals surface area contributed by atoms with Crippen molar-refractivity contribution < 1.29 is 8.42 Å². The molecule has 0 aromatic heterocycles. The van der Waals surface area contributed by atoms with Gasteiger partial charge in [0.1, 0.15) is 5.25 Å². The van der Waals surface area contributed by atoms with E-state index in [1.54, 1.807) is 24.3 Å². The van der Waals surface area contributed by atoms with Gasteiger partial charge in [-0.05, 0) is 59.5 Å². The van der Waals surface area contributed by atoms with Crippen molar-refractivity contribution in [1.82, 2.24) is 0 Å². The van der Waals surface area contributed by atoms with Crippen molar-refractivity contribution in [3.8, 4) is 0 Å². The summed E-state index contributed by atoms with van der Waals surface area (Å²) in [5.74, 6) is 0. The molecule has 0 aliphatic carbocycles. The largest absolute Gasteiger partial charge is 0.378 e. The summed E-state index contributed by atoms with van der Waals surface area (Å²) < 4.78 is 27.6. The van der Waals surface area contributed by atoms with E-state index in [1.807, 2.05) is 80.5 Å². The van der Waals surface area contributed by atoms with E-state index < -0.39 is 15.1 Å². The maximum atomic E-state index is 13.8. The summed E-state index contributed by atoms with van der Waals surface area (Å²) in [7, 11) is 4.30. The highest BCUT2D eigenvalue weighted by atomic mass is 32.2. The van der Waals surface area contributed by atoms with Crippen LogP contribution in [-0.4, -0.2) is 36.6 Å². The molecule has 4 nitrogen and oxygen atoms in total. The third-order valence-electron chi connectivity index (χ3n) is 5.40. The fourth-order valence-electron chi connectivity index (χ4n) is 3.65. The SMILES string of the molecule is CCc1cc(N(C)C)ccc1C(c1ccc(N(C)C)cc1)S(=O)(=O)c1ccccc1. The Labute approximate surface area is 180 Å². The summed E-state index contributed by atoms with van der Waals surface area (Å²) in [5.41, 5.74) is 4.76. The number of benzene rings is 3. The second kappa shape index (κ2) is 8.92. The first-order valence-corrected chi connectivity index (χ1v) is 11.7. The predicted octanol–water partition coefficient (Wildman–Crippen LogP) is 4.94. The van der Waals surface area contributed by atoms with E-state index in [2.05, 4.69) is 13.0 Å². The van der Waals surface area contributed by atoms with Crippen LogP contribution in [0.3, 0.4) is 0 Å². The molecule has 0 N–H and O–H groups in total. The van der Waals surface area contributed by atoms with Crippen LogP contribution < -0.4 is 9.80 Å². The zero-order valence-electron chi connectivity index (χ0n) is 18.3. The fourth-order valence-corrected chi connectivity index (χ4v) is 5.54. The number of sulfone groups is 1. The Kier molecular flexibility index (Phi) is 6.52. The molecule has 0 aliphatic rings. The minimum absolute atomic E-state index is 0.338. The van der Waals surface area contributed by atoms with Crippen LogP contribution in [0.4, 0.5) is 11.4 Å². The van der Waals surface area contributed by atoms with E-state index in [1.165, 1.54) is 0 Å². The maximum Gasteiger partial charge on any atom is 0.189 e. The average Bonchev–Trinajstić information content (AvgIpc) is 2.74. The van der Waals surface area contributed by atoms with Crippen LogP contribution in [0.2, 0.25) is 0 Å². The van der Waals surface area contributed by atoms with Crippen molar-refractivity contribution in [2.24, 2.45) is 0 Å². The molecule has 5 heteroatoms. The van der Waals surface area contributed by atoms with Gasteiger partial charge in [-0.25, -0.2) is 8.42 Å². The summed E-state index contributed by atoms with van der Waals surface area (Å²) in [6.07, 6.45) is 0.758. The number of aryl methyl sites for hydroxylation is 1. The van der Waals surface area contributed by atoms with Crippen LogP contribution in [0.5, 0.6) is 0 Å². The molecule has 1 unspecified atom stereocenters. The number of nitrogens with zero attached hydrogens (tertiary/aromatic N) is 2. The monoisotopic (exact) mass is 422 g/mol. The Hall–Kier alpha value is -2.79. The second-order valence-corrected chi connectivity index (χ2v) is 9.89. The minimum Gasteiger partial charge on any atom is -0.378 e. The van der Waals surface area contributed by atoms with Gasteiger partial charge in [0.15, 0.2) is 9.84 Å². The molecule has 0 aliphatic heterocycles. The Bertz CT molecular complexity index is 1090. The summed E-state index contributed by atoms with van der Waals surface area (Å²) in [5, 5.41) is -0.762.